The molecule has 0 saturated carbocycles. The van der Waals surface area contributed by atoms with Gasteiger partial charge in [-0.3, -0.25) is 9.80 Å². The van der Waals surface area contributed by atoms with Crippen LogP contribution in [0.2, 0.25) is 0 Å². The van der Waals surface area contributed by atoms with Gasteiger partial charge in [0.25, 0.3) is 0 Å². The zero-order chi connectivity index (χ0) is 13.3. The minimum Gasteiger partial charge on any atom is -0.504 e. The molecule has 0 bridgehead atoms. The van der Waals surface area contributed by atoms with Gasteiger partial charge < -0.3 is 5.11 Å². The van der Waals surface area contributed by atoms with Gasteiger partial charge in [-0.15, -0.1) is 0 Å². The van der Waals surface area contributed by atoms with Gasteiger partial charge in [-0.2, -0.15) is 0 Å². The Labute approximate surface area is 104 Å². The van der Waals surface area contributed by atoms with E-state index in [0.29, 0.717) is 0 Å². The van der Waals surface area contributed by atoms with Crippen LogP contribution in [0.3, 0.4) is 0 Å². The van der Waals surface area contributed by atoms with E-state index in [1.54, 1.807) is 19.2 Å². The number of benzene rings is 1. The molecule has 2 amide bonds. The van der Waals surface area contributed by atoms with E-state index >= 15 is 0 Å². The molecule has 1 aromatic rings. The Kier molecular flexibility index (Phi) is 3.06. The zero-order valence-electron chi connectivity index (χ0n) is 9.93. The number of urea groups is 1. The second-order valence-electron chi connectivity index (χ2n) is 4.07. The van der Waals surface area contributed by atoms with Crippen molar-refractivity contribution in [3.05, 3.63) is 59.9 Å². The monoisotopic (exact) mass is 248 g/mol. The number of hydrogen-bond acceptors (Lipinski definition) is 2. The fourth-order valence-electron chi connectivity index (χ4n) is 1.69. The molecule has 0 aliphatic carbocycles. The topological polar surface area (TPSA) is 43.8 Å². The second-order valence-corrected chi connectivity index (χ2v) is 4.07. The van der Waals surface area contributed by atoms with Crippen LogP contribution in [0.5, 0.6) is 0 Å². The third kappa shape index (κ3) is 2.20. The molecule has 1 aliphatic rings. The van der Waals surface area contributed by atoms with Gasteiger partial charge in [-0.25, -0.2) is 9.18 Å². The third-order valence-electron chi connectivity index (χ3n) is 2.72. The molecule has 0 saturated heterocycles. The highest BCUT2D eigenvalue weighted by Gasteiger charge is 2.27. The molecule has 1 aromatic carbocycles. The lowest BCUT2D eigenvalue weighted by atomic mass is 10.2. The highest BCUT2D eigenvalue weighted by molar-refractivity contribution is 5.79. The molecule has 0 unspecified atom stereocenters. The van der Waals surface area contributed by atoms with Crippen molar-refractivity contribution >= 4 is 6.03 Å². The zero-order valence-corrected chi connectivity index (χ0v) is 9.93. The predicted molar refractivity (Wildman–Crippen MR) is 65.0 cm³/mol. The van der Waals surface area contributed by atoms with E-state index < -0.39 is 0 Å². The van der Waals surface area contributed by atoms with Crippen molar-refractivity contribution in [2.24, 2.45) is 0 Å². The van der Waals surface area contributed by atoms with E-state index in [1.807, 2.05) is 0 Å². The minimum atomic E-state index is -0.331. The molecule has 5 heteroatoms. The van der Waals surface area contributed by atoms with Crippen LogP contribution in [0.4, 0.5) is 9.18 Å². The summed E-state index contributed by atoms with van der Waals surface area (Å²) in [5.41, 5.74) is 0.997. The first-order chi connectivity index (χ1) is 8.49. The molecule has 1 N–H and O–H groups in total. The Morgan fingerprint density at radius 2 is 1.94 bits per heavy atom. The lowest BCUT2D eigenvalue weighted by molar-refractivity contribution is 0.175. The first-order valence-electron chi connectivity index (χ1n) is 5.38. The molecule has 2 rings (SSSR count). The predicted octanol–water partition coefficient (Wildman–Crippen LogP) is 2.61. The molecule has 0 spiro atoms. The number of aliphatic hydroxyl groups excluding tert-OH is 1. The lowest BCUT2D eigenvalue weighted by Gasteiger charge is -2.32. The molecule has 1 heterocycles. The summed E-state index contributed by atoms with van der Waals surface area (Å²) >= 11 is 0. The van der Waals surface area contributed by atoms with Crippen LogP contribution in [-0.2, 0) is 6.54 Å². The highest BCUT2D eigenvalue weighted by Crippen LogP contribution is 2.22. The normalized spacial score (nSPS) is 16.0. The van der Waals surface area contributed by atoms with Crippen LogP contribution in [0, 0.1) is 5.82 Å². The van der Waals surface area contributed by atoms with E-state index in [9.17, 15) is 14.3 Å². The summed E-state index contributed by atoms with van der Waals surface area (Å²) in [7, 11) is 1.54. The molecule has 0 atom stereocenters. The van der Waals surface area contributed by atoms with E-state index in [1.165, 1.54) is 28.1 Å². The number of aliphatic hydroxyl groups is 1. The molecule has 4 nitrogen and oxygen atoms in total. The van der Waals surface area contributed by atoms with E-state index in [2.05, 4.69) is 6.58 Å². The average Bonchev–Trinajstić information content (AvgIpc) is 2.34. The maximum atomic E-state index is 12.8. The molecule has 0 fully saturated rings. The number of amides is 2. The molecule has 1 aliphatic heterocycles. The molecule has 0 radical (unpaired) electrons. The van der Waals surface area contributed by atoms with Gasteiger partial charge in [-0.1, -0.05) is 18.7 Å². The van der Waals surface area contributed by atoms with Crippen LogP contribution < -0.4 is 0 Å². The second kappa shape index (κ2) is 4.52. The standard InChI is InChI=1S/C13H13FN2O2/c1-9-12(17)8-15(2)13(18)16(9)7-10-3-5-11(14)6-4-10/h3-6,8,17H,1,7H2,2H3. The fraction of sp³-hybridized carbons (Fsp3) is 0.154. The minimum absolute atomic E-state index is 0.0563. The van der Waals surface area contributed by atoms with Crippen molar-refractivity contribution in [3.63, 3.8) is 0 Å². The van der Waals surface area contributed by atoms with Gasteiger partial charge in [0.05, 0.1) is 18.4 Å². The number of rotatable bonds is 2. The van der Waals surface area contributed by atoms with Gasteiger partial charge in [0, 0.05) is 7.05 Å². The summed E-state index contributed by atoms with van der Waals surface area (Å²) in [5.74, 6) is -0.387. The van der Waals surface area contributed by atoms with Gasteiger partial charge in [0.15, 0.2) is 5.76 Å². The molecule has 0 aromatic heterocycles. The maximum absolute atomic E-state index is 12.8. The van der Waals surface area contributed by atoms with Gasteiger partial charge >= 0.3 is 6.03 Å². The van der Waals surface area contributed by atoms with Crippen molar-refractivity contribution in [1.29, 1.82) is 0 Å². The van der Waals surface area contributed by atoms with Gasteiger partial charge in [-0.05, 0) is 17.7 Å². The summed E-state index contributed by atoms with van der Waals surface area (Å²) in [4.78, 5) is 14.5. The van der Waals surface area contributed by atoms with Crippen molar-refractivity contribution in [2.45, 2.75) is 6.54 Å². The average molecular weight is 248 g/mol. The van der Waals surface area contributed by atoms with E-state index in [-0.39, 0.29) is 29.8 Å². The maximum Gasteiger partial charge on any atom is 0.328 e. The first-order valence-corrected chi connectivity index (χ1v) is 5.38. The van der Waals surface area contributed by atoms with Crippen LogP contribution in [-0.4, -0.2) is 28.0 Å². The Morgan fingerprint density at radius 1 is 1.33 bits per heavy atom. The quantitative estimate of drug-likeness (QED) is 0.874. The largest absolute Gasteiger partial charge is 0.504 e. The van der Waals surface area contributed by atoms with Crippen LogP contribution in [0.1, 0.15) is 5.56 Å². The lowest BCUT2D eigenvalue weighted by Crippen LogP contribution is -2.41. The van der Waals surface area contributed by atoms with E-state index in [4.69, 9.17) is 0 Å². The van der Waals surface area contributed by atoms with Crippen molar-refractivity contribution in [3.8, 4) is 0 Å². The van der Waals surface area contributed by atoms with Crippen LogP contribution in [0.15, 0.2) is 48.5 Å². The van der Waals surface area contributed by atoms with Gasteiger partial charge in [0.2, 0.25) is 0 Å². The summed E-state index contributed by atoms with van der Waals surface area (Å²) in [5, 5.41) is 9.62. The Bertz CT molecular complexity index is 522. The summed E-state index contributed by atoms with van der Waals surface area (Å²) in [6, 6.07) is 5.54. The Balaban J connectivity index is 2.23. The number of carbonyl (C=O) groups is 1. The third-order valence-corrected chi connectivity index (χ3v) is 2.72. The Morgan fingerprint density at radius 3 is 2.56 bits per heavy atom. The molecular formula is C13H13FN2O2. The summed E-state index contributed by atoms with van der Waals surface area (Å²) in [6.45, 7) is 3.90. The van der Waals surface area contributed by atoms with Crippen molar-refractivity contribution in [1.82, 2.24) is 9.80 Å². The first kappa shape index (κ1) is 12.2. The van der Waals surface area contributed by atoms with Gasteiger partial charge in [0.1, 0.15) is 5.82 Å². The summed E-state index contributed by atoms with van der Waals surface area (Å²) in [6.07, 6.45) is 1.31. The number of halogens is 1. The number of nitrogens with zero attached hydrogens (tertiary/aromatic N) is 2. The van der Waals surface area contributed by atoms with Crippen LogP contribution in [0.25, 0.3) is 0 Å². The number of carbonyl (C=O) groups excluding carboxylic acids is 1. The molecular weight excluding hydrogens is 235 g/mol. The smallest absolute Gasteiger partial charge is 0.328 e. The summed E-state index contributed by atoms with van der Waals surface area (Å²) < 4.78 is 12.8. The number of hydrogen-bond donors (Lipinski definition) is 1. The fourth-order valence-corrected chi connectivity index (χ4v) is 1.69. The highest BCUT2D eigenvalue weighted by atomic mass is 19.1. The molecule has 94 valence electrons. The van der Waals surface area contributed by atoms with E-state index in [0.717, 1.165) is 5.56 Å². The SMILES string of the molecule is C=C1C(O)=CN(C)C(=O)N1Cc1ccc(F)cc1. The van der Waals surface area contributed by atoms with Crippen molar-refractivity contribution < 1.29 is 14.3 Å². The Hall–Kier alpha value is -2.30. The molecule has 18 heavy (non-hydrogen) atoms. The van der Waals surface area contributed by atoms with Crippen LogP contribution >= 0.6 is 0 Å². The van der Waals surface area contributed by atoms with Crippen molar-refractivity contribution in [2.75, 3.05) is 7.05 Å².